The highest BCUT2D eigenvalue weighted by molar-refractivity contribution is 7.87. The molecular formula is C30H30N2O8S. The summed E-state index contributed by atoms with van der Waals surface area (Å²) in [5.74, 6) is -0.651. The Kier molecular flexibility index (Phi) is 9.08. The third-order valence-corrected chi connectivity index (χ3v) is 7.24. The molecule has 214 valence electrons. The van der Waals surface area contributed by atoms with Crippen LogP contribution in [0.5, 0.6) is 17.2 Å². The highest BCUT2D eigenvalue weighted by atomic mass is 32.2. The third-order valence-electron chi connectivity index (χ3n) is 5.98. The van der Waals surface area contributed by atoms with Crippen LogP contribution in [0.1, 0.15) is 37.0 Å². The number of nitrogens with zero attached hydrogens (tertiary/aromatic N) is 1. The number of urea groups is 1. The molecule has 0 radical (unpaired) electrons. The lowest BCUT2D eigenvalue weighted by Crippen LogP contribution is -2.53. The van der Waals surface area contributed by atoms with Gasteiger partial charge in [0.25, 0.3) is 11.8 Å². The molecule has 3 aromatic rings. The number of imide groups is 2. The summed E-state index contributed by atoms with van der Waals surface area (Å²) < 4.78 is 42.0. The number of barbiturate groups is 1. The van der Waals surface area contributed by atoms with Gasteiger partial charge in [0, 0.05) is 0 Å². The highest BCUT2D eigenvalue weighted by Gasteiger charge is 2.36. The Bertz CT molecular complexity index is 1600. The Morgan fingerprint density at radius 2 is 1.66 bits per heavy atom. The second kappa shape index (κ2) is 12.7. The number of hydrogen-bond donors (Lipinski definition) is 1. The number of ether oxygens (including phenoxy) is 2. The lowest BCUT2D eigenvalue weighted by Gasteiger charge is -2.26. The van der Waals surface area contributed by atoms with Crippen LogP contribution in [0.4, 0.5) is 4.79 Å². The Morgan fingerprint density at radius 3 is 2.37 bits per heavy atom. The first-order chi connectivity index (χ1) is 19.6. The van der Waals surface area contributed by atoms with Crippen molar-refractivity contribution in [2.45, 2.75) is 38.6 Å². The van der Waals surface area contributed by atoms with E-state index >= 15 is 0 Å². The van der Waals surface area contributed by atoms with Gasteiger partial charge in [0.1, 0.15) is 16.2 Å². The zero-order chi connectivity index (χ0) is 29.6. The van der Waals surface area contributed by atoms with Gasteiger partial charge in [-0.15, -0.1) is 0 Å². The van der Waals surface area contributed by atoms with Crippen LogP contribution < -0.4 is 19.0 Å². The Balaban J connectivity index is 1.56. The van der Waals surface area contributed by atoms with Crippen LogP contribution in [-0.2, 0) is 26.3 Å². The van der Waals surface area contributed by atoms with Crippen LogP contribution in [-0.4, -0.2) is 44.4 Å². The van der Waals surface area contributed by atoms with Crippen molar-refractivity contribution in [3.63, 3.8) is 0 Å². The summed E-state index contributed by atoms with van der Waals surface area (Å²) in [5.41, 5.74) is 1.51. The second-order valence-electron chi connectivity index (χ2n) is 9.19. The topological polar surface area (TPSA) is 128 Å². The number of carbonyl (C=O) groups is 3. The molecule has 3 aromatic carbocycles. The van der Waals surface area contributed by atoms with Gasteiger partial charge in [0.2, 0.25) is 0 Å². The minimum absolute atomic E-state index is 0.00893. The van der Waals surface area contributed by atoms with Gasteiger partial charge in [-0.1, -0.05) is 42.8 Å². The van der Waals surface area contributed by atoms with Gasteiger partial charge in [-0.25, -0.2) is 4.79 Å². The summed E-state index contributed by atoms with van der Waals surface area (Å²) >= 11 is 0. The third kappa shape index (κ3) is 7.12. The van der Waals surface area contributed by atoms with Crippen molar-refractivity contribution >= 4 is 34.0 Å². The van der Waals surface area contributed by atoms with Crippen LogP contribution in [0.2, 0.25) is 0 Å². The summed E-state index contributed by atoms with van der Waals surface area (Å²) in [7, 11) is -4.11. The Hall–Kier alpha value is -4.64. The van der Waals surface area contributed by atoms with Gasteiger partial charge in [-0.05, 0) is 73.9 Å². The maximum absolute atomic E-state index is 13.3. The molecule has 0 unspecified atom stereocenters. The van der Waals surface area contributed by atoms with Crippen LogP contribution in [0.3, 0.4) is 0 Å². The number of aryl methyl sites for hydroxylation is 1. The van der Waals surface area contributed by atoms with E-state index in [0.717, 1.165) is 16.9 Å². The van der Waals surface area contributed by atoms with E-state index in [9.17, 15) is 22.8 Å². The predicted octanol–water partition coefficient (Wildman–Crippen LogP) is 4.61. The molecule has 1 N–H and O–H groups in total. The van der Waals surface area contributed by atoms with E-state index in [1.807, 2.05) is 20.8 Å². The number of benzene rings is 3. The smallest absolute Gasteiger partial charge is 0.339 e. The zero-order valence-corrected chi connectivity index (χ0v) is 23.7. The zero-order valence-electron chi connectivity index (χ0n) is 22.9. The summed E-state index contributed by atoms with van der Waals surface area (Å²) in [6, 6.07) is 16.4. The van der Waals surface area contributed by atoms with Crippen LogP contribution in [0.25, 0.3) is 6.08 Å². The lowest BCUT2D eigenvalue weighted by atomic mass is 10.1. The molecule has 10 nitrogen and oxygen atoms in total. The number of carbonyl (C=O) groups excluding carboxylic acids is 3. The van der Waals surface area contributed by atoms with Crippen molar-refractivity contribution in [2.75, 3.05) is 13.2 Å². The molecule has 4 amide bonds. The molecule has 1 heterocycles. The summed E-state index contributed by atoms with van der Waals surface area (Å²) in [6.45, 7) is 6.43. The minimum Gasteiger partial charge on any atom is -0.490 e. The lowest BCUT2D eigenvalue weighted by molar-refractivity contribution is -0.130. The van der Waals surface area contributed by atoms with Crippen molar-refractivity contribution in [1.82, 2.24) is 10.2 Å². The molecule has 41 heavy (non-hydrogen) atoms. The molecule has 0 aliphatic carbocycles. The van der Waals surface area contributed by atoms with E-state index in [1.165, 1.54) is 36.4 Å². The maximum atomic E-state index is 13.3. The van der Waals surface area contributed by atoms with Gasteiger partial charge in [0.15, 0.2) is 11.5 Å². The molecule has 0 aromatic heterocycles. The molecule has 4 rings (SSSR count). The van der Waals surface area contributed by atoms with E-state index in [1.54, 1.807) is 36.4 Å². The van der Waals surface area contributed by atoms with Gasteiger partial charge >= 0.3 is 16.1 Å². The van der Waals surface area contributed by atoms with E-state index in [0.29, 0.717) is 35.8 Å². The van der Waals surface area contributed by atoms with Crippen molar-refractivity contribution in [2.24, 2.45) is 0 Å². The first-order valence-electron chi connectivity index (χ1n) is 13.0. The van der Waals surface area contributed by atoms with E-state index in [4.69, 9.17) is 13.7 Å². The van der Waals surface area contributed by atoms with Crippen LogP contribution >= 0.6 is 0 Å². The maximum Gasteiger partial charge on any atom is 0.339 e. The first kappa shape index (κ1) is 29.3. The molecule has 0 saturated carbocycles. The molecule has 1 aliphatic rings. The molecule has 1 saturated heterocycles. The largest absolute Gasteiger partial charge is 0.490 e. The monoisotopic (exact) mass is 578 g/mol. The Labute approximate surface area is 238 Å². The van der Waals surface area contributed by atoms with Gasteiger partial charge in [-0.3, -0.25) is 19.8 Å². The Morgan fingerprint density at radius 1 is 0.902 bits per heavy atom. The minimum atomic E-state index is -4.11. The van der Waals surface area contributed by atoms with Crippen molar-refractivity contribution in [3.8, 4) is 17.2 Å². The van der Waals surface area contributed by atoms with Gasteiger partial charge in [0.05, 0.1) is 19.8 Å². The number of nitrogens with one attached hydrogen (secondary N) is 1. The van der Waals surface area contributed by atoms with E-state index in [2.05, 4.69) is 5.32 Å². The summed E-state index contributed by atoms with van der Waals surface area (Å²) in [6.07, 6.45) is 2.09. The fraction of sp³-hybridized carbons (Fsp3) is 0.233. The second-order valence-corrected chi connectivity index (χ2v) is 10.7. The fourth-order valence-corrected chi connectivity index (χ4v) is 4.90. The first-order valence-corrected chi connectivity index (χ1v) is 14.4. The standard InChI is InChI=1S/C30H30N2O8S/c1-4-15-39-26-14-11-22(18-27(26)38-5-2)19-32-29(34)25(28(33)31-30(32)35)17-21-7-6-8-23(16-21)40-41(36,37)24-12-9-20(3)10-13-24/h6-14,16-18H,4-5,15,19H2,1-3H3,(H,31,33,35)/b25-17-. The molecule has 1 aliphatic heterocycles. The fourth-order valence-electron chi connectivity index (χ4n) is 3.97. The van der Waals surface area contributed by atoms with E-state index in [-0.39, 0.29) is 22.8 Å². The van der Waals surface area contributed by atoms with Crippen LogP contribution in [0.15, 0.2) is 77.2 Å². The van der Waals surface area contributed by atoms with Crippen molar-refractivity contribution < 1.29 is 36.5 Å². The number of hydrogen-bond acceptors (Lipinski definition) is 8. The molecular weight excluding hydrogens is 548 g/mol. The summed E-state index contributed by atoms with van der Waals surface area (Å²) in [5, 5.41) is 2.18. The number of amides is 4. The molecule has 11 heteroatoms. The normalized spacial score (nSPS) is 14.7. The van der Waals surface area contributed by atoms with Gasteiger partial charge < -0.3 is 13.7 Å². The summed E-state index contributed by atoms with van der Waals surface area (Å²) in [4.78, 5) is 39.4. The predicted molar refractivity (Wildman–Crippen MR) is 151 cm³/mol. The van der Waals surface area contributed by atoms with Gasteiger partial charge in [-0.2, -0.15) is 8.42 Å². The highest BCUT2D eigenvalue weighted by Crippen LogP contribution is 2.30. The van der Waals surface area contributed by atoms with Crippen molar-refractivity contribution in [1.29, 1.82) is 0 Å². The molecule has 0 spiro atoms. The van der Waals surface area contributed by atoms with Crippen LogP contribution in [0, 0.1) is 6.92 Å². The average molecular weight is 579 g/mol. The van der Waals surface area contributed by atoms with E-state index < -0.39 is 28.0 Å². The molecule has 1 fully saturated rings. The van der Waals surface area contributed by atoms with Crippen molar-refractivity contribution in [3.05, 3.63) is 89.0 Å². The average Bonchev–Trinajstić information content (AvgIpc) is 2.93. The molecule has 0 atom stereocenters. The quantitative estimate of drug-likeness (QED) is 0.198. The SMILES string of the molecule is CCCOc1ccc(CN2C(=O)NC(=O)/C(=C/c3cccc(OS(=O)(=O)c4ccc(C)cc4)c3)C2=O)cc1OCC. The molecule has 0 bridgehead atoms. The number of rotatable bonds is 11.